The summed E-state index contributed by atoms with van der Waals surface area (Å²) in [4.78, 5) is 13.8. The Bertz CT molecular complexity index is 192. The summed E-state index contributed by atoms with van der Waals surface area (Å²) in [5.41, 5.74) is 5.44. The second-order valence-electron chi connectivity index (χ2n) is 4.77. The molecule has 0 bridgehead atoms. The highest BCUT2D eigenvalue weighted by Gasteiger charge is 2.22. The quantitative estimate of drug-likeness (QED) is 0.733. The van der Waals surface area contributed by atoms with Gasteiger partial charge in [0.25, 0.3) is 0 Å². The molecule has 2 N–H and O–H groups in total. The molecule has 0 aromatic carbocycles. The van der Waals surface area contributed by atoms with E-state index in [0.717, 1.165) is 12.8 Å². The van der Waals surface area contributed by atoms with Crippen molar-refractivity contribution in [2.75, 3.05) is 13.6 Å². The standard InChI is InChI=1S/C12H26N2O/c1-9(2)11(4)14(5)12(15)10(3)7-6-8-13/h9-11H,6-8,13H2,1-5H3. The molecule has 3 heteroatoms. The Hall–Kier alpha value is -0.570. The smallest absolute Gasteiger partial charge is 0.225 e. The molecule has 2 atom stereocenters. The average molecular weight is 214 g/mol. The van der Waals surface area contributed by atoms with Gasteiger partial charge in [-0.25, -0.2) is 0 Å². The van der Waals surface area contributed by atoms with Gasteiger partial charge in [-0.15, -0.1) is 0 Å². The third-order valence-corrected chi connectivity index (χ3v) is 3.19. The maximum absolute atomic E-state index is 12.0. The maximum Gasteiger partial charge on any atom is 0.225 e. The summed E-state index contributed by atoms with van der Waals surface area (Å²) >= 11 is 0. The molecular formula is C12H26N2O. The molecule has 90 valence electrons. The van der Waals surface area contributed by atoms with Crippen LogP contribution in [0.1, 0.15) is 40.5 Å². The van der Waals surface area contributed by atoms with Gasteiger partial charge in [0.1, 0.15) is 0 Å². The normalized spacial score (nSPS) is 15.1. The van der Waals surface area contributed by atoms with E-state index in [1.807, 2.05) is 18.9 Å². The number of hydrogen-bond donors (Lipinski definition) is 1. The summed E-state index contributed by atoms with van der Waals surface area (Å²) in [5.74, 6) is 0.838. The molecule has 0 aliphatic carbocycles. The van der Waals surface area contributed by atoms with E-state index < -0.39 is 0 Å². The third-order valence-electron chi connectivity index (χ3n) is 3.19. The Morgan fingerprint density at radius 2 is 1.80 bits per heavy atom. The van der Waals surface area contributed by atoms with Crippen molar-refractivity contribution in [3.05, 3.63) is 0 Å². The molecule has 0 saturated carbocycles. The zero-order chi connectivity index (χ0) is 12.0. The van der Waals surface area contributed by atoms with E-state index in [9.17, 15) is 4.79 Å². The van der Waals surface area contributed by atoms with E-state index in [4.69, 9.17) is 5.73 Å². The van der Waals surface area contributed by atoms with Gasteiger partial charge < -0.3 is 10.6 Å². The molecule has 0 aromatic heterocycles. The molecule has 0 saturated heterocycles. The molecule has 0 rings (SSSR count). The van der Waals surface area contributed by atoms with Crippen LogP contribution in [0, 0.1) is 11.8 Å². The molecule has 0 aromatic rings. The van der Waals surface area contributed by atoms with Crippen molar-refractivity contribution in [1.82, 2.24) is 4.90 Å². The SMILES string of the molecule is CC(CCCN)C(=O)N(C)C(C)C(C)C. The van der Waals surface area contributed by atoms with E-state index in [1.165, 1.54) is 0 Å². The first kappa shape index (κ1) is 14.4. The first-order valence-electron chi connectivity index (χ1n) is 5.88. The van der Waals surface area contributed by atoms with Crippen LogP contribution < -0.4 is 5.73 Å². The third kappa shape index (κ3) is 4.65. The summed E-state index contributed by atoms with van der Waals surface area (Å²) in [5, 5.41) is 0. The van der Waals surface area contributed by atoms with Crippen LogP contribution in [0.4, 0.5) is 0 Å². The Morgan fingerprint density at radius 1 is 1.27 bits per heavy atom. The van der Waals surface area contributed by atoms with Gasteiger partial charge in [0.2, 0.25) is 5.91 Å². The minimum Gasteiger partial charge on any atom is -0.343 e. The molecule has 0 fully saturated rings. The summed E-state index contributed by atoms with van der Waals surface area (Å²) in [6.07, 6.45) is 1.82. The van der Waals surface area contributed by atoms with Gasteiger partial charge in [-0.05, 0) is 32.2 Å². The van der Waals surface area contributed by atoms with Crippen LogP contribution in [-0.4, -0.2) is 30.4 Å². The highest BCUT2D eigenvalue weighted by atomic mass is 16.2. The number of rotatable bonds is 6. The van der Waals surface area contributed by atoms with Gasteiger partial charge in [-0.1, -0.05) is 20.8 Å². The average Bonchev–Trinajstić information content (AvgIpc) is 2.22. The number of carbonyl (C=O) groups excluding carboxylic acids is 1. The van der Waals surface area contributed by atoms with Crippen molar-refractivity contribution in [2.45, 2.75) is 46.6 Å². The minimum absolute atomic E-state index is 0.0970. The molecule has 15 heavy (non-hydrogen) atoms. The van der Waals surface area contributed by atoms with Crippen LogP contribution in [0.5, 0.6) is 0 Å². The lowest BCUT2D eigenvalue weighted by atomic mass is 10.00. The number of nitrogens with two attached hydrogens (primary N) is 1. The fourth-order valence-corrected chi connectivity index (χ4v) is 1.54. The van der Waals surface area contributed by atoms with Crippen molar-refractivity contribution in [3.8, 4) is 0 Å². The van der Waals surface area contributed by atoms with Gasteiger partial charge in [0.15, 0.2) is 0 Å². The van der Waals surface area contributed by atoms with E-state index in [2.05, 4.69) is 20.8 Å². The predicted octanol–water partition coefficient (Wildman–Crippen LogP) is 1.86. The lowest BCUT2D eigenvalue weighted by molar-refractivity contribution is -0.136. The fourth-order valence-electron chi connectivity index (χ4n) is 1.54. The molecule has 0 heterocycles. The van der Waals surface area contributed by atoms with Gasteiger partial charge >= 0.3 is 0 Å². The van der Waals surface area contributed by atoms with Crippen LogP contribution in [0.2, 0.25) is 0 Å². The van der Waals surface area contributed by atoms with E-state index in [-0.39, 0.29) is 11.8 Å². The first-order chi connectivity index (χ1) is 6.91. The molecule has 3 nitrogen and oxygen atoms in total. The van der Waals surface area contributed by atoms with Crippen molar-refractivity contribution >= 4 is 5.91 Å². The van der Waals surface area contributed by atoms with Crippen LogP contribution in [0.25, 0.3) is 0 Å². The fraction of sp³-hybridized carbons (Fsp3) is 0.917. The summed E-state index contributed by atoms with van der Waals surface area (Å²) in [6.45, 7) is 9.03. The van der Waals surface area contributed by atoms with Crippen molar-refractivity contribution in [2.24, 2.45) is 17.6 Å². The molecule has 0 aliphatic rings. The zero-order valence-corrected chi connectivity index (χ0v) is 10.8. The van der Waals surface area contributed by atoms with E-state index in [0.29, 0.717) is 18.5 Å². The number of hydrogen-bond acceptors (Lipinski definition) is 2. The topological polar surface area (TPSA) is 46.3 Å². The number of nitrogens with zero attached hydrogens (tertiary/aromatic N) is 1. The zero-order valence-electron chi connectivity index (χ0n) is 10.8. The predicted molar refractivity (Wildman–Crippen MR) is 64.5 cm³/mol. The van der Waals surface area contributed by atoms with Crippen LogP contribution in [0.3, 0.4) is 0 Å². The van der Waals surface area contributed by atoms with Gasteiger partial charge in [-0.3, -0.25) is 4.79 Å². The molecule has 0 spiro atoms. The van der Waals surface area contributed by atoms with Crippen molar-refractivity contribution in [3.63, 3.8) is 0 Å². The highest BCUT2D eigenvalue weighted by Crippen LogP contribution is 2.14. The van der Waals surface area contributed by atoms with E-state index in [1.54, 1.807) is 0 Å². The number of amides is 1. The second-order valence-corrected chi connectivity index (χ2v) is 4.77. The largest absolute Gasteiger partial charge is 0.343 e. The summed E-state index contributed by atoms with van der Waals surface area (Å²) in [7, 11) is 1.89. The molecule has 2 unspecified atom stereocenters. The molecular weight excluding hydrogens is 188 g/mol. The van der Waals surface area contributed by atoms with Crippen molar-refractivity contribution in [1.29, 1.82) is 0 Å². The highest BCUT2D eigenvalue weighted by molar-refractivity contribution is 5.78. The monoisotopic (exact) mass is 214 g/mol. The first-order valence-corrected chi connectivity index (χ1v) is 5.88. The number of carbonyl (C=O) groups is 1. The lowest BCUT2D eigenvalue weighted by Crippen LogP contribution is -2.41. The Balaban J connectivity index is 4.18. The molecule has 0 radical (unpaired) electrons. The lowest BCUT2D eigenvalue weighted by Gasteiger charge is -2.30. The van der Waals surface area contributed by atoms with Gasteiger partial charge in [-0.2, -0.15) is 0 Å². The van der Waals surface area contributed by atoms with Gasteiger partial charge in [0, 0.05) is 19.0 Å². The van der Waals surface area contributed by atoms with Gasteiger partial charge in [0.05, 0.1) is 0 Å². The van der Waals surface area contributed by atoms with Crippen molar-refractivity contribution < 1.29 is 4.79 Å². The van der Waals surface area contributed by atoms with Crippen LogP contribution >= 0.6 is 0 Å². The Morgan fingerprint density at radius 3 is 2.20 bits per heavy atom. The summed E-state index contributed by atoms with van der Waals surface area (Å²) < 4.78 is 0. The van der Waals surface area contributed by atoms with Crippen LogP contribution in [-0.2, 0) is 4.79 Å². The minimum atomic E-state index is 0.0970. The molecule has 1 amide bonds. The Kier molecular flexibility index (Phi) is 6.57. The Labute approximate surface area is 94.0 Å². The molecule has 0 aliphatic heterocycles. The second kappa shape index (κ2) is 6.83. The maximum atomic E-state index is 12.0. The van der Waals surface area contributed by atoms with Crippen LogP contribution in [0.15, 0.2) is 0 Å². The van der Waals surface area contributed by atoms with E-state index >= 15 is 0 Å². The summed E-state index contributed by atoms with van der Waals surface area (Å²) in [6, 6.07) is 0.304.